The van der Waals surface area contributed by atoms with Gasteiger partial charge in [0.05, 0.1) is 23.9 Å². The van der Waals surface area contributed by atoms with E-state index < -0.39 is 47.7 Å². The fourth-order valence-corrected chi connectivity index (χ4v) is 6.00. The number of aromatic hydroxyl groups is 2. The Balaban J connectivity index is 1.34. The van der Waals surface area contributed by atoms with Crippen LogP contribution in [0.2, 0.25) is 0 Å². The quantitative estimate of drug-likeness (QED) is 0.0973. The minimum absolute atomic E-state index is 0.00767. The van der Waals surface area contributed by atoms with Crippen molar-refractivity contribution in [3.05, 3.63) is 94.1 Å². The molecule has 8 nitrogen and oxygen atoms in total. The van der Waals surface area contributed by atoms with E-state index in [2.05, 4.69) is 6.92 Å². The summed E-state index contributed by atoms with van der Waals surface area (Å²) < 4.78 is 11.5. The van der Waals surface area contributed by atoms with Crippen LogP contribution in [-0.2, 0) is 14.3 Å². The van der Waals surface area contributed by atoms with Crippen molar-refractivity contribution in [2.75, 3.05) is 0 Å². The summed E-state index contributed by atoms with van der Waals surface area (Å²) in [4.78, 5) is 39.7. The van der Waals surface area contributed by atoms with Crippen molar-refractivity contribution in [3.63, 3.8) is 0 Å². The molecule has 2 aliphatic rings. The molecule has 1 fully saturated rings. The Morgan fingerprint density at radius 3 is 2.49 bits per heavy atom. The average molecular weight is 585 g/mol. The van der Waals surface area contributed by atoms with Crippen LogP contribution in [0, 0.1) is 6.92 Å². The first kappa shape index (κ1) is 30.2. The van der Waals surface area contributed by atoms with Gasteiger partial charge in [-0.25, -0.2) is 4.79 Å². The molecule has 8 heteroatoms. The summed E-state index contributed by atoms with van der Waals surface area (Å²) in [5, 5.41) is 33.8. The van der Waals surface area contributed by atoms with Gasteiger partial charge in [-0.05, 0) is 55.8 Å². The highest BCUT2D eigenvalue weighted by Gasteiger charge is 2.41. The molecule has 0 radical (unpaired) electrons. The SMILES string of the molecule is CCCCC/C=C/C=C/C(=O)OC1[C@H](C)OC(c2ccc3c(c2O)C(=O)c2ccc4cc(C)cc(O)c4c2C3=O)C[C@@H]1O. The van der Waals surface area contributed by atoms with Gasteiger partial charge in [-0.15, -0.1) is 0 Å². The zero-order valence-corrected chi connectivity index (χ0v) is 24.5. The van der Waals surface area contributed by atoms with Gasteiger partial charge in [0.15, 0.2) is 17.7 Å². The van der Waals surface area contributed by atoms with Crippen molar-refractivity contribution in [1.82, 2.24) is 0 Å². The van der Waals surface area contributed by atoms with E-state index in [4.69, 9.17) is 9.47 Å². The topological polar surface area (TPSA) is 130 Å². The number of fused-ring (bicyclic) bond motifs is 4. The second-order valence-corrected chi connectivity index (χ2v) is 11.3. The number of benzene rings is 3. The first-order valence-electron chi connectivity index (χ1n) is 14.7. The molecule has 0 aromatic heterocycles. The van der Waals surface area contributed by atoms with Gasteiger partial charge in [-0.3, -0.25) is 9.59 Å². The Morgan fingerprint density at radius 2 is 1.74 bits per heavy atom. The number of esters is 1. The number of allylic oxidation sites excluding steroid dienone is 3. The van der Waals surface area contributed by atoms with E-state index in [9.17, 15) is 29.7 Å². The highest BCUT2D eigenvalue weighted by molar-refractivity contribution is 6.33. The number of ether oxygens (including phenoxy) is 2. The summed E-state index contributed by atoms with van der Waals surface area (Å²) in [6.45, 7) is 5.62. The number of rotatable bonds is 8. The van der Waals surface area contributed by atoms with Crippen LogP contribution >= 0.6 is 0 Å². The van der Waals surface area contributed by atoms with Gasteiger partial charge < -0.3 is 24.8 Å². The van der Waals surface area contributed by atoms with Crippen LogP contribution in [0.5, 0.6) is 11.5 Å². The standard InChI is InChI=1S/C35H36O8/c1-4-5-6-7-8-9-10-11-28(38)43-35-20(3)42-27(18-26(35)37)22-14-15-24-31(32(22)39)34(41)23-13-12-21-16-19(2)17-25(36)29(21)30(23)33(24)40/h8-17,20,26-27,35-37,39H,4-7,18H2,1-3H3/b9-8+,11-10+/t20-,26-,27?,35?/m0/s1. The first-order valence-corrected chi connectivity index (χ1v) is 14.7. The van der Waals surface area contributed by atoms with Crippen molar-refractivity contribution in [2.45, 2.75) is 77.3 Å². The smallest absolute Gasteiger partial charge is 0.331 e. The first-order chi connectivity index (χ1) is 20.6. The Hall–Kier alpha value is -4.27. The van der Waals surface area contributed by atoms with Gasteiger partial charge in [-0.1, -0.05) is 56.2 Å². The van der Waals surface area contributed by atoms with Crippen LogP contribution in [0.1, 0.15) is 95.0 Å². The normalized spacial score (nSPS) is 21.9. The largest absolute Gasteiger partial charge is 0.507 e. The fourth-order valence-electron chi connectivity index (χ4n) is 6.00. The van der Waals surface area contributed by atoms with Crippen molar-refractivity contribution >= 4 is 28.3 Å². The number of hydrogen-bond donors (Lipinski definition) is 3. The number of phenolic OH excluding ortho intramolecular Hbond substituents is 2. The number of carbonyl (C=O) groups excluding carboxylic acids is 3. The molecule has 4 atom stereocenters. The van der Waals surface area contributed by atoms with Gasteiger partial charge >= 0.3 is 5.97 Å². The average Bonchev–Trinajstić information content (AvgIpc) is 2.96. The molecule has 0 amide bonds. The molecule has 1 heterocycles. The van der Waals surface area contributed by atoms with Crippen LogP contribution in [0.3, 0.4) is 0 Å². The molecule has 5 rings (SSSR count). The number of aryl methyl sites for hydroxylation is 1. The minimum atomic E-state index is -1.10. The number of phenols is 2. The molecule has 0 bridgehead atoms. The molecular formula is C35H36O8. The number of unbranched alkanes of at least 4 members (excludes halogenated alkanes) is 3. The zero-order chi connectivity index (χ0) is 30.8. The third-order valence-electron chi connectivity index (χ3n) is 8.12. The lowest BCUT2D eigenvalue weighted by atomic mass is 9.79. The summed E-state index contributed by atoms with van der Waals surface area (Å²) in [5.41, 5.74) is 1.12. The van der Waals surface area contributed by atoms with E-state index in [1.807, 2.05) is 19.1 Å². The second kappa shape index (κ2) is 12.5. The maximum absolute atomic E-state index is 13.7. The Morgan fingerprint density at radius 1 is 1.02 bits per heavy atom. The summed E-state index contributed by atoms with van der Waals surface area (Å²) >= 11 is 0. The van der Waals surface area contributed by atoms with E-state index in [-0.39, 0.29) is 40.0 Å². The molecule has 3 aromatic carbocycles. The van der Waals surface area contributed by atoms with Gasteiger partial charge in [0.25, 0.3) is 0 Å². The maximum Gasteiger partial charge on any atom is 0.331 e. The fraction of sp³-hybridized carbons (Fsp3) is 0.343. The second-order valence-electron chi connectivity index (χ2n) is 11.3. The molecule has 3 N–H and O–H groups in total. The van der Waals surface area contributed by atoms with Gasteiger partial charge in [-0.2, -0.15) is 0 Å². The van der Waals surface area contributed by atoms with Crippen molar-refractivity contribution in [2.24, 2.45) is 0 Å². The van der Waals surface area contributed by atoms with E-state index in [0.717, 1.165) is 31.2 Å². The Labute approximate surface area is 250 Å². The van der Waals surface area contributed by atoms with Crippen molar-refractivity contribution in [1.29, 1.82) is 0 Å². The highest BCUT2D eigenvalue weighted by atomic mass is 16.6. The van der Waals surface area contributed by atoms with Crippen LogP contribution < -0.4 is 0 Å². The van der Waals surface area contributed by atoms with Gasteiger partial charge in [0, 0.05) is 40.1 Å². The molecule has 1 aliphatic heterocycles. The summed E-state index contributed by atoms with van der Waals surface area (Å²) in [6.07, 6.45) is 7.42. The monoisotopic (exact) mass is 584 g/mol. The molecule has 1 saturated heterocycles. The molecule has 1 aliphatic carbocycles. The van der Waals surface area contributed by atoms with E-state index >= 15 is 0 Å². The minimum Gasteiger partial charge on any atom is -0.507 e. The molecule has 2 unspecified atom stereocenters. The third-order valence-corrected chi connectivity index (χ3v) is 8.12. The van der Waals surface area contributed by atoms with E-state index in [0.29, 0.717) is 10.8 Å². The predicted octanol–water partition coefficient (Wildman–Crippen LogP) is 6.15. The van der Waals surface area contributed by atoms with Gasteiger partial charge in [0.2, 0.25) is 0 Å². The highest BCUT2D eigenvalue weighted by Crippen LogP contribution is 2.44. The molecule has 224 valence electrons. The Bertz CT molecular complexity index is 1640. The number of ketones is 2. The number of carbonyl (C=O) groups is 3. The lowest BCUT2D eigenvalue weighted by Crippen LogP contribution is -2.46. The Kier molecular flexibility index (Phi) is 8.80. The summed E-state index contributed by atoms with van der Waals surface area (Å²) in [7, 11) is 0. The lowest BCUT2D eigenvalue weighted by molar-refractivity contribution is -0.190. The third kappa shape index (κ3) is 5.85. The van der Waals surface area contributed by atoms with Crippen LogP contribution in [0.15, 0.2) is 60.7 Å². The van der Waals surface area contributed by atoms with E-state index in [1.54, 1.807) is 25.1 Å². The number of aliphatic hydroxyl groups is 1. The van der Waals surface area contributed by atoms with Gasteiger partial charge in [0.1, 0.15) is 11.5 Å². The van der Waals surface area contributed by atoms with E-state index in [1.165, 1.54) is 30.3 Å². The summed E-state index contributed by atoms with van der Waals surface area (Å²) in [6, 6.07) is 9.53. The van der Waals surface area contributed by atoms with Crippen LogP contribution in [-0.4, -0.2) is 51.2 Å². The van der Waals surface area contributed by atoms with Crippen LogP contribution in [0.4, 0.5) is 0 Å². The predicted molar refractivity (Wildman–Crippen MR) is 162 cm³/mol. The van der Waals surface area contributed by atoms with Crippen molar-refractivity contribution in [3.8, 4) is 11.5 Å². The van der Waals surface area contributed by atoms with Crippen molar-refractivity contribution < 1.29 is 39.2 Å². The van der Waals surface area contributed by atoms with Crippen LogP contribution in [0.25, 0.3) is 10.8 Å². The number of aliphatic hydroxyl groups excluding tert-OH is 1. The molecule has 0 saturated carbocycles. The molecule has 43 heavy (non-hydrogen) atoms. The zero-order valence-electron chi connectivity index (χ0n) is 24.5. The molecular weight excluding hydrogens is 548 g/mol. The molecule has 0 spiro atoms. The summed E-state index contributed by atoms with van der Waals surface area (Å²) in [5.74, 6) is -2.13. The lowest BCUT2D eigenvalue weighted by Gasteiger charge is -2.38. The molecule has 3 aromatic rings. The number of hydrogen-bond acceptors (Lipinski definition) is 8. The maximum atomic E-state index is 13.7.